The Bertz CT molecular complexity index is 490. The van der Waals surface area contributed by atoms with Gasteiger partial charge in [0, 0.05) is 0 Å². The average molecular weight is 348 g/mol. The topological polar surface area (TPSA) is 66.9 Å². The third-order valence-corrected chi connectivity index (χ3v) is 4.30. The van der Waals surface area contributed by atoms with Crippen molar-refractivity contribution in [3.8, 4) is 0 Å². The molecule has 25 heavy (non-hydrogen) atoms. The zero-order valence-electron chi connectivity index (χ0n) is 15.5. The van der Waals surface area contributed by atoms with Crippen LogP contribution in [0.5, 0.6) is 0 Å². The first-order valence-electron chi connectivity index (χ1n) is 9.44. The summed E-state index contributed by atoms with van der Waals surface area (Å²) < 4.78 is 5.34. The van der Waals surface area contributed by atoms with E-state index in [9.17, 15) is 9.59 Å². The van der Waals surface area contributed by atoms with Gasteiger partial charge in [-0.2, -0.15) is 0 Å². The maximum absolute atomic E-state index is 11.9. The number of hydrogen-bond donors (Lipinski definition) is 1. The minimum Gasteiger partial charge on any atom is -0.481 e. The van der Waals surface area contributed by atoms with Crippen LogP contribution in [0, 0.1) is 5.92 Å². The lowest BCUT2D eigenvalue weighted by molar-refractivity contribution is -0.141. The molecule has 0 aromatic carbocycles. The van der Waals surface area contributed by atoms with Gasteiger partial charge in [-0.3, -0.25) is 9.59 Å². The lowest BCUT2D eigenvalue weighted by Gasteiger charge is -2.02. The molecule has 140 valence electrons. The van der Waals surface area contributed by atoms with Crippen LogP contribution in [-0.2, 0) is 14.3 Å². The Morgan fingerprint density at radius 2 is 1.76 bits per heavy atom. The second-order valence-electron chi connectivity index (χ2n) is 6.63. The van der Waals surface area contributed by atoms with Gasteiger partial charge in [0.15, 0.2) is 5.78 Å². The first-order chi connectivity index (χ1) is 12.1. The van der Waals surface area contributed by atoms with Gasteiger partial charge < -0.3 is 9.84 Å². The molecule has 1 saturated heterocycles. The predicted molar refractivity (Wildman–Crippen MR) is 100 cm³/mol. The van der Waals surface area contributed by atoms with Crippen LogP contribution in [0.25, 0.3) is 0 Å². The lowest BCUT2D eigenvalue weighted by atomic mass is 10.0. The Hall–Kier alpha value is -1.68. The Morgan fingerprint density at radius 1 is 1.08 bits per heavy atom. The first-order valence-corrected chi connectivity index (χ1v) is 9.44. The smallest absolute Gasteiger partial charge is 0.306 e. The van der Waals surface area contributed by atoms with Crippen LogP contribution in [-0.4, -0.2) is 29.1 Å². The molecule has 3 unspecified atom stereocenters. The summed E-state index contributed by atoms with van der Waals surface area (Å²) in [4.78, 5) is 22.6. The summed E-state index contributed by atoms with van der Waals surface area (Å²) in [5.74, 6) is -1.20. The molecule has 1 N–H and O–H groups in total. The Balaban J connectivity index is 2.08. The number of ketones is 1. The summed E-state index contributed by atoms with van der Waals surface area (Å²) in [5.41, 5.74) is 0. The first kappa shape index (κ1) is 21.4. The van der Waals surface area contributed by atoms with E-state index in [-0.39, 0.29) is 23.9 Å². The number of epoxide rings is 1. The third kappa shape index (κ3) is 10.0. The van der Waals surface area contributed by atoms with Crippen molar-refractivity contribution >= 4 is 11.8 Å². The summed E-state index contributed by atoms with van der Waals surface area (Å²) in [7, 11) is 0. The van der Waals surface area contributed by atoms with Gasteiger partial charge in [-0.15, -0.1) is 0 Å². The fourth-order valence-electron chi connectivity index (χ4n) is 2.51. The number of carbonyl (C=O) groups excluding carboxylic acids is 1. The van der Waals surface area contributed by atoms with Crippen LogP contribution >= 0.6 is 0 Å². The maximum atomic E-state index is 11.9. The molecule has 0 aromatic heterocycles. The van der Waals surface area contributed by atoms with E-state index in [1.807, 2.05) is 6.08 Å². The van der Waals surface area contributed by atoms with E-state index in [4.69, 9.17) is 9.84 Å². The van der Waals surface area contributed by atoms with E-state index in [0.717, 1.165) is 19.3 Å². The molecule has 0 bridgehead atoms. The minimum atomic E-state index is -0.800. The van der Waals surface area contributed by atoms with E-state index in [1.165, 1.54) is 19.3 Å². The van der Waals surface area contributed by atoms with Crippen LogP contribution < -0.4 is 0 Å². The van der Waals surface area contributed by atoms with Crippen molar-refractivity contribution < 1.29 is 19.4 Å². The van der Waals surface area contributed by atoms with Gasteiger partial charge in [0.1, 0.15) is 6.10 Å². The van der Waals surface area contributed by atoms with Crippen molar-refractivity contribution in [3.63, 3.8) is 0 Å². The summed E-state index contributed by atoms with van der Waals surface area (Å²) in [6, 6.07) is 0. The zero-order valence-corrected chi connectivity index (χ0v) is 15.5. The number of aliphatic carboxylic acids is 1. The number of unbranched alkanes of at least 4 members (excludes halogenated alkanes) is 3. The van der Waals surface area contributed by atoms with Gasteiger partial charge in [0.25, 0.3) is 0 Å². The van der Waals surface area contributed by atoms with Gasteiger partial charge in [-0.25, -0.2) is 0 Å². The SMILES string of the molecule is CCCCC/C=C\C/C=C\C/C=C\C(=O)C1OC1CCC(C)C(=O)O. The quantitative estimate of drug-likeness (QED) is 0.211. The average Bonchev–Trinajstić information content (AvgIpc) is 3.37. The van der Waals surface area contributed by atoms with E-state index in [2.05, 4.69) is 31.2 Å². The van der Waals surface area contributed by atoms with Crippen molar-refractivity contribution in [3.05, 3.63) is 36.5 Å². The maximum Gasteiger partial charge on any atom is 0.306 e. The van der Waals surface area contributed by atoms with Crippen molar-refractivity contribution in [2.45, 2.75) is 77.4 Å². The minimum absolute atomic E-state index is 0.0165. The standard InChI is InChI=1S/C21H32O4/c1-3-4-5-6-7-8-9-10-11-12-13-14-18(22)20-19(25-20)16-15-17(2)21(23)24/h7-8,10-11,13-14,17,19-20H,3-6,9,12,15-16H2,1-2H3,(H,23,24)/b8-7-,11-10-,14-13-. The number of carboxylic acid groups (broad SMARTS) is 1. The molecule has 1 fully saturated rings. The molecule has 4 heteroatoms. The monoisotopic (exact) mass is 348 g/mol. The van der Waals surface area contributed by atoms with E-state index in [1.54, 1.807) is 13.0 Å². The molecule has 0 aromatic rings. The normalized spacial score (nSPS) is 21.4. The molecule has 0 aliphatic carbocycles. The molecular formula is C21H32O4. The molecule has 1 rings (SSSR count). The van der Waals surface area contributed by atoms with Gasteiger partial charge in [-0.1, -0.05) is 57.1 Å². The summed E-state index contributed by atoms with van der Waals surface area (Å²) in [6.07, 6.45) is 19.3. The number of rotatable bonds is 14. The van der Waals surface area contributed by atoms with Crippen LogP contribution in [0.15, 0.2) is 36.5 Å². The van der Waals surface area contributed by atoms with Crippen molar-refractivity contribution in [2.24, 2.45) is 5.92 Å². The molecule has 1 aliphatic rings. The molecule has 1 aliphatic heterocycles. The third-order valence-electron chi connectivity index (χ3n) is 4.30. The highest BCUT2D eigenvalue weighted by Crippen LogP contribution is 2.29. The Morgan fingerprint density at radius 3 is 2.44 bits per heavy atom. The number of hydrogen-bond acceptors (Lipinski definition) is 3. The van der Waals surface area contributed by atoms with Crippen molar-refractivity contribution in [1.82, 2.24) is 0 Å². The summed E-state index contributed by atoms with van der Waals surface area (Å²) in [6.45, 7) is 3.88. The molecule has 3 atom stereocenters. The van der Waals surface area contributed by atoms with E-state index < -0.39 is 5.97 Å². The van der Waals surface area contributed by atoms with Crippen LogP contribution in [0.1, 0.15) is 65.2 Å². The highest BCUT2D eigenvalue weighted by Gasteiger charge is 2.43. The number of ether oxygens (including phenoxy) is 1. The van der Waals surface area contributed by atoms with Gasteiger partial charge in [0.05, 0.1) is 12.0 Å². The number of carboxylic acids is 1. The fraction of sp³-hybridized carbons (Fsp3) is 0.619. The molecule has 1 heterocycles. The highest BCUT2D eigenvalue weighted by atomic mass is 16.6. The van der Waals surface area contributed by atoms with Crippen LogP contribution in [0.2, 0.25) is 0 Å². The van der Waals surface area contributed by atoms with Gasteiger partial charge >= 0.3 is 5.97 Å². The Kier molecular flexibility index (Phi) is 10.8. The molecule has 0 radical (unpaired) electrons. The zero-order chi connectivity index (χ0) is 18.5. The van der Waals surface area contributed by atoms with E-state index in [0.29, 0.717) is 12.8 Å². The summed E-state index contributed by atoms with van der Waals surface area (Å²) in [5, 5.41) is 8.83. The Labute approximate surface area is 151 Å². The molecule has 0 saturated carbocycles. The van der Waals surface area contributed by atoms with E-state index >= 15 is 0 Å². The fourth-order valence-corrected chi connectivity index (χ4v) is 2.51. The second kappa shape index (κ2) is 12.6. The summed E-state index contributed by atoms with van der Waals surface area (Å²) >= 11 is 0. The van der Waals surface area contributed by atoms with Gasteiger partial charge in [0.2, 0.25) is 0 Å². The molecule has 0 amide bonds. The van der Waals surface area contributed by atoms with Crippen LogP contribution in [0.4, 0.5) is 0 Å². The highest BCUT2D eigenvalue weighted by molar-refractivity contribution is 5.95. The molecular weight excluding hydrogens is 316 g/mol. The largest absolute Gasteiger partial charge is 0.481 e. The number of allylic oxidation sites excluding steroid dienone is 5. The van der Waals surface area contributed by atoms with Crippen LogP contribution in [0.3, 0.4) is 0 Å². The van der Waals surface area contributed by atoms with Gasteiger partial charge in [-0.05, 0) is 44.6 Å². The molecule has 4 nitrogen and oxygen atoms in total. The lowest BCUT2D eigenvalue weighted by Crippen LogP contribution is -2.12. The number of carbonyl (C=O) groups is 2. The van der Waals surface area contributed by atoms with Crippen molar-refractivity contribution in [1.29, 1.82) is 0 Å². The molecule has 0 spiro atoms. The second-order valence-corrected chi connectivity index (χ2v) is 6.63. The van der Waals surface area contributed by atoms with Crippen molar-refractivity contribution in [2.75, 3.05) is 0 Å². The predicted octanol–water partition coefficient (Wildman–Crippen LogP) is 4.85.